The van der Waals surface area contributed by atoms with E-state index in [0.29, 0.717) is 18.3 Å². The Morgan fingerprint density at radius 3 is 2.79 bits per heavy atom. The smallest absolute Gasteiger partial charge is 0.0613 e. The van der Waals surface area contributed by atoms with Crippen LogP contribution in [0.5, 0.6) is 0 Å². The molecule has 0 radical (unpaired) electrons. The van der Waals surface area contributed by atoms with Crippen molar-refractivity contribution in [2.75, 3.05) is 0 Å². The molecule has 1 heteroatoms. The summed E-state index contributed by atoms with van der Waals surface area (Å²) in [4.78, 5) is 0. The average Bonchev–Trinajstić information content (AvgIpc) is 2.02. The van der Waals surface area contributed by atoms with Gasteiger partial charge in [-0.2, -0.15) is 0 Å². The van der Waals surface area contributed by atoms with Gasteiger partial charge < -0.3 is 5.11 Å². The fourth-order valence-electron chi connectivity index (χ4n) is 2.74. The van der Waals surface area contributed by atoms with Gasteiger partial charge >= 0.3 is 0 Å². The molecule has 0 saturated heterocycles. The first-order valence-corrected chi connectivity index (χ1v) is 5.44. The second-order valence-corrected chi connectivity index (χ2v) is 5.10. The van der Waals surface area contributed by atoms with E-state index in [4.69, 9.17) is 0 Å². The monoisotopic (exact) mass is 194 g/mol. The molecule has 1 aliphatic carbocycles. The fourth-order valence-corrected chi connectivity index (χ4v) is 2.74. The molecule has 1 rings (SSSR count). The Hall–Kier alpha value is -0.560. The van der Waals surface area contributed by atoms with Crippen molar-refractivity contribution in [3.8, 4) is 0 Å². The Labute approximate surface area is 87.5 Å². The predicted octanol–water partition coefficient (Wildman–Crippen LogP) is 3.16. The van der Waals surface area contributed by atoms with Crippen LogP contribution in [0, 0.1) is 17.3 Å². The molecule has 0 aromatic rings. The molecule has 14 heavy (non-hydrogen) atoms. The molecule has 3 unspecified atom stereocenters. The number of aliphatic hydroxyl groups is 1. The number of hydrogen-bond acceptors (Lipinski definition) is 1. The molecule has 0 spiro atoms. The number of rotatable bonds is 3. The molecular formula is C13H22O. The van der Waals surface area contributed by atoms with Gasteiger partial charge in [-0.25, -0.2) is 0 Å². The summed E-state index contributed by atoms with van der Waals surface area (Å²) in [6, 6.07) is 0. The number of allylic oxidation sites excluding steroid dienone is 2. The van der Waals surface area contributed by atoms with Gasteiger partial charge in [0.15, 0.2) is 0 Å². The van der Waals surface area contributed by atoms with E-state index < -0.39 is 0 Å². The molecule has 0 heterocycles. The summed E-state index contributed by atoms with van der Waals surface area (Å²) in [6.45, 7) is 10.4. The van der Waals surface area contributed by atoms with E-state index in [1.54, 1.807) is 0 Å². The van der Waals surface area contributed by atoms with Gasteiger partial charge in [-0.1, -0.05) is 39.0 Å². The molecule has 0 fully saturated rings. The van der Waals surface area contributed by atoms with Crippen molar-refractivity contribution in [1.82, 2.24) is 0 Å². The summed E-state index contributed by atoms with van der Waals surface area (Å²) in [6.07, 6.45) is 7.79. The van der Waals surface area contributed by atoms with Crippen LogP contribution < -0.4 is 0 Å². The van der Waals surface area contributed by atoms with Gasteiger partial charge in [-0.15, -0.1) is 6.58 Å². The quantitative estimate of drug-likeness (QED) is 0.684. The lowest BCUT2D eigenvalue weighted by atomic mass is 9.64. The zero-order valence-corrected chi connectivity index (χ0v) is 9.53. The van der Waals surface area contributed by atoms with E-state index in [1.165, 1.54) is 0 Å². The molecular weight excluding hydrogens is 172 g/mol. The minimum Gasteiger partial charge on any atom is -0.392 e. The maximum atomic E-state index is 10.1. The summed E-state index contributed by atoms with van der Waals surface area (Å²) < 4.78 is 0. The molecule has 0 aromatic carbocycles. The minimum atomic E-state index is -0.248. The molecule has 1 aliphatic rings. The molecule has 1 N–H and O–H groups in total. The van der Waals surface area contributed by atoms with Gasteiger partial charge in [0.2, 0.25) is 0 Å². The van der Waals surface area contributed by atoms with Gasteiger partial charge in [0, 0.05) is 0 Å². The minimum absolute atomic E-state index is 0.205. The summed E-state index contributed by atoms with van der Waals surface area (Å²) in [5.74, 6) is 0.819. The van der Waals surface area contributed by atoms with Crippen molar-refractivity contribution < 1.29 is 5.11 Å². The van der Waals surface area contributed by atoms with Gasteiger partial charge in [0.05, 0.1) is 6.10 Å². The lowest BCUT2D eigenvalue weighted by Crippen LogP contribution is -2.39. The van der Waals surface area contributed by atoms with E-state index in [-0.39, 0.29) is 11.5 Å². The third kappa shape index (κ3) is 2.27. The fraction of sp³-hybridized carbons (Fsp3) is 0.692. The van der Waals surface area contributed by atoms with E-state index in [2.05, 4.69) is 39.5 Å². The number of aliphatic hydroxyl groups excluding tert-OH is 1. The van der Waals surface area contributed by atoms with Crippen molar-refractivity contribution in [3.05, 3.63) is 24.8 Å². The van der Waals surface area contributed by atoms with Crippen molar-refractivity contribution in [3.63, 3.8) is 0 Å². The highest BCUT2D eigenvalue weighted by atomic mass is 16.3. The van der Waals surface area contributed by atoms with Crippen LogP contribution in [0.1, 0.15) is 33.6 Å². The van der Waals surface area contributed by atoms with Crippen LogP contribution >= 0.6 is 0 Å². The third-order valence-electron chi connectivity index (χ3n) is 3.38. The van der Waals surface area contributed by atoms with Gasteiger partial charge in [-0.3, -0.25) is 0 Å². The lowest BCUT2D eigenvalue weighted by molar-refractivity contribution is 0.00994. The standard InChI is InChI=1S/C13H22O/c1-5-7-11(14)12-10(2)8-6-9-13(12,3)4/h5-6,8,10-12,14H,1,7,9H2,2-4H3. The zero-order chi connectivity index (χ0) is 10.8. The molecule has 3 atom stereocenters. The molecule has 0 aliphatic heterocycles. The topological polar surface area (TPSA) is 20.2 Å². The predicted molar refractivity (Wildman–Crippen MR) is 61.0 cm³/mol. The average molecular weight is 194 g/mol. The first-order chi connectivity index (χ1) is 6.49. The molecule has 0 bridgehead atoms. The van der Waals surface area contributed by atoms with Gasteiger partial charge in [0.25, 0.3) is 0 Å². The maximum absolute atomic E-state index is 10.1. The SMILES string of the molecule is C=CCC(O)C1C(C)C=CCC1(C)C. The van der Waals surface area contributed by atoms with E-state index in [0.717, 1.165) is 6.42 Å². The highest BCUT2D eigenvalue weighted by molar-refractivity contribution is 5.05. The van der Waals surface area contributed by atoms with Gasteiger partial charge in [0.1, 0.15) is 0 Å². The second-order valence-electron chi connectivity index (χ2n) is 5.10. The molecule has 0 aromatic heterocycles. The van der Waals surface area contributed by atoms with Gasteiger partial charge in [-0.05, 0) is 30.1 Å². The van der Waals surface area contributed by atoms with Crippen LogP contribution in [0.4, 0.5) is 0 Å². The Morgan fingerprint density at radius 2 is 2.29 bits per heavy atom. The largest absolute Gasteiger partial charge is 0.392 e. The first-order valence-electron chi connectivity index (χ1n) is 5.44. The maximum Gasteiger partial charge on any atom is 0.0613 e. The molecule has 80 valence electrons. The highest BCUT2D eigenvalue weighted by Gasteiger charge is 2.38. The molecule has 0 amide bonds. The normalized spacial score (nSPS) is 32.6. The lowest BCUT2D eigenvalue weighted by Gasteiger charge is -2.42. The van der Waals surface area contributed by atoms with Crippen molar-refractivity contribution >= 4 is 0 Å². The van der Waals surface area contributed by atoms with E-state index in [1.807, 2.05) is 6.08 Å². The third-order valence-corrected chi connectivity index (χ3v) is 3.38. The zero-order valence-electron chi connectivity index (χ0n) is 9.53. The Balaban J connectivity index is 2.81. The summed E-state index contributed by atoms with van der Waals surface area (Å²) in [5, 5.41) is 10.1. The summed E-state index contributed by atoms with van der Waals surface area (Å²) >= 11 is 0. The van der Waals surface area contributed by atoms with Crippen LogP contribution in [0.15, 0.2) is 24.8 Å². The Kier molecular flexibility index (Phi) is 3.54. The molecule has 0 saturated carbocycles. The highest BCUT2D eigenvalue weighted by Crippen LogP contribution is 2.43. The number of hydrogen-bond donors (Lipinski definition) is 1. The Bertz CT molecular complexity index is 227. The first kappa shape index (κ1) is 11.5. The van der Waals surface area contributed by atoms with Crippen LogP contribution in [0.25, 0.3) is 0 Å². The summed E-state index contributed by atoms with van der Waals surface area (Å²) in [5.41, 5.74) is 0.205. The molecule has 1 nitrogen and oxygen atoms in total. The van der Waals surface area contributed by atoms with E-state index in [9.17, 15) is 5.11 Å². The van der Waals surface area contributed by atoms with Crippen molar-refractivity contribution in [2.24, 2.45) is 17.3 Å². The van der Waals surface area contributed by atoms with Crippen LogP contribution in [0.3, 0.4) is 0 Å². The summed E-state index contributed by atoms with van der Waals surface area (Å²) in [7, 11) is 0. The van der Waals surface area contributed by atoms with E-state index >= 15 is 0 Å². The Morgan fingerprint density at radius 1 is 1.64 bits per heavy atom. The van der Waals surface area contributed by atoms with Crippen molar-refractivity contribution in [1.29, 1.82) is 0 Å². The van der Waals surface area contributed by atoms with Crippen LogP contribution in [0.2, 0.25) is 0 Å². The van der Waals surface area contributed by atoms with Crippen molar-refractivity contribution in [2.45, 2.75) is 39.7 Å². The van der Waals surface area contributed by atoms with Crippen LogP contribution in [-0.2, 0) is 0 Å². The van der Waals surface area contributed by atoms with Crippen LogP contribution in [-0.4, -0.2) is 11.2 Å². The second kappa shape index (κ2) is 4.31.